The van der Waals surface area contributed by atoms with Crippen LogP contribution < -0.4 is 5.32 Å². The summed E-state index contributed by atoms with van der Waals surface area (Å²) < 4.78 is 0. The molecule has 19 heavy (non-hydrogen) atoms. The van der Waals surface area contributed by atoms with E-state index in [1.165, 1.54) is 0 Å². The molecule has 1 aromatic carbocycles. The minimum atomic E-state index is -0.816. The Kier molecular flexibility index (Phi) is 3.61. The van der Waals surface area contributed by atoms with Gasteiger partial charge in [-0.15, -0.1) is 0 Å². The van der Waals surface area contributed by atoms with E-state index < -0.39 is 5.41 Å². The Balaban J connectivity index is 2.18. The topological polar surface area (TPSA) is 52.9 Å². The molecular weight excluding hydrogens is 236 g/mol. The molecule has 1 aliphatic carbocycles. The van der Waals surface area contributed by atoms with Gasteiger partial charge in [-0.2, -0.15) is 5.26 Å². The first-order chi connectivity index (χ1) is 8.98. The summed E-state index contributed by atoms with van der Waals surface area (Å²) in [5.74, 6) is 0.654. The van der Waals surface area contributed by atoms with Gasteiger partial charge in [0.2, 0.25) is 5.91 Å². The number of carbonyl (C=O) groups is 1. The van der Waals surface area contributed by atoms with Gasteiger partial charge in [0, 0.05) is 5.69 Å². The molecule has 100 valence electrons. The van der Waals surface area contributed by atoms with Crippen molar-refractivity contribution in [2.75, 3.05) is 5.32 Å². The Bertz CT molecular complexity index is 522. The summed E-state index contributed by atoms with van der Waals surface area (Å²) in [6.45, 7) is 6.26. The fourth-order valence-electron chi connectivity index (χ4n) is 2.81. The van der Waals surface area contributed by atoms with E-state index in [4.69, 9.17) is 0 Å². The van der Waals surface area contributed by atoms with Crippen LogP contribution in [0.1, 0.15) is 45.1 Å². The van der Waals surface area contributed by atoms with Crippen molar-refractivity contribution in [2.24, 2.45) is 11.3 Å². The van der Waals surface area contributed by atoms with E-state index in [1.54, 1.807) is 0 Å². The first-order valence-corrected chi connectivity index (χ1v) is 6.80. The van der Waals surface area contributed by atoms with Crippen molar-refractivity contribution < 1.29 is 4.79 Å². The monoisotopic (exact) mass is 256 g/mol. The van der Waals surface area contributed by atoms with Crippen molar-refractivity contribution in [3.63, 3.8) is 0 Å². The molecule has 0 aliphatic heterocycles. The molecule has 1 N–H and O–H groups in total. The van der Waals surface area contributed by atoms with Gasteiger partial charge in [-0.05, 0) is 36.3 Å². The number of anilines is 1. The van der Waals surface area contributed by atoms with Crippen molar-refractivity contribution in [2.45, 2.75) is 39.5 Å². The second-order valence-electron chi connectivity index (χ2n) is 5.90. The molecule has 0 aromatic heterocycles. The Labute approximate surface area is 114 Å². The minimum Gasteiger partial charge on any atom is -0.324 e. The number of hydrogen-bond acceptors (Lipinski definition) is 2. The Hall–Kier alpha value is -1.82. The molecule has 3 heteroatoms. The molecule has 1 amide bonds. The third-order valence-corrected chi connectivity index (χ3v) is 3.87. The van der Waals surface area contributed by atoms with Crippen LogP contribution in [-0.2, 0) is 4.79 Å². The van der Waals surface area contributed by atoms with Crippen LogP contribution in [-0.4, -0.2) is 5.91 Å². The van der Waals surface area contributed by atoms with Crippen LogP contribution in [0.25, 0.3) is 0 Å². The summed E-state index contributed by atoms with van der Waals surface area (Å²) in [6, 6.07) is 10.00. The van der Waals surface area contributed by atoms with Crippen LogP contribution in [0.2, 0.25) is 0 Å². The minimum absolute atomic E-state index is 0.152. The number of para-hydroxylation sites is 1. The molecule has 1 saturated carbocycles. The lowest BCUT2D eigenvalue weighted by atomic mass is 9.63. The van der Waals surface area contributed by atoms with Crippen molar-refractivity contribution in [1.82, 2.24) is 0 Å². The molecule has 0 bridgehead atoms. The maximum absolute atomic E-state index is 12.3. The lowest BCUT2D eigenvalue weighted by Crippen LogP contribution is -2.45. The van der Waals surface area contributed by atoms with Crippen LogP contribution >= 0.6 is 0 Å². The number of nitrogens with one attached hydrogen (secondary N) is 1. The largest absolute Gasteiger partial charge is 0.324 e. The summed E-state index contributed by atoms with van der Waals surface area (Å²) in [4.78, 5) is 12.3. The third kappa shape index (κ3) is 2.49. The number of carbonyl (C=O) groups excluding carboxylic acids is 1. The van der Waals surface area contributed by atoms with Crippen LogP contribution in [0.5, 0.6) is 0 Å². The molecule has 0 saturated heterocycles. The lowest BCUT2D eigenvalue weighted by Gasteiger charge is -2.39. The van der Waals surface area contributed by atoms with Gasteiger partial charge in [0.25, 0.3) is 0 Å². The van der Waals surface area contributed by atoms with Crippen LogP contribution in [0.4, 0.5) is 5.69 Å². The smallest absolute Gasteiger partial charge is 0.244 e. The van der Waals surface area contributed by atoms with E-state index in [1.807, 2.05) is 24.3 Å². The predicted molar refractivity (Wildman–Crippen MR) is 75.6 cm³/mol. The molecule has 1 aromatic rings. The number of benzene rings is 1. The van der Waals surface area contributed by atoms with E-state index in [0.717, 1.165) is 11.3 Å². The van der Waals surface area contributed by atoms with Crippen LogP contribution in [0.15, 0.2) is 24.3 Å². The van der Waals surface area contributed by atoms with Crippen molar-refractivity contribution in [3.8, 4) is 6.07 Å². The number of nitriles is 1. The SMILES string of the molecule is CC1CC(C#N)(C(=O)Nc2ccccc2C(C)C)C1. The average Bonchev–Trinajstić information content (AvgIpc) is 2.35. The Morgan fingerprint density at radius 3 is 2.58 bits per heavy atom. The molecule has 3 nitrogen and oxygen atoms in total. The number of nitrogens with zero attached hydrogens (tertiary/aromatic N) is 1. The number of hydrogen-bond donors (Lipinski definition) is 1. The molecule has 0 spiro atoms. The summed E-state index contributed by atoms with van der Waals surface area (Å²) in [5, 5.41) is 12.2. The van der Waals surface area contributed by atoms with Gasteiger partial charge in [-0.25, -0.2) is 0 Å². The van der Waals surface area contributed by atoms with E-state index in [-0.39, 0.29) is 5.91 Å². The zero-order valence-electron chi connectivity index (χ0n) is 11.7. The predicted octanol–water partition coefficient (Wildman–Crippen LogP) is 3.69. The number of amides is 1. The maximum atomic E-state index is 12.3. The summed E-state index contributed by atoms with van der Waals surface area (Å²) in [7, 11) is 0. The van der Waals surface area contributed by atoms with Gasteiger partial charge < -0.3 is 5.32 Å². The lowest BCUT2D eigenvalue weighted by molar-refractivity contribution is -0.128. The van der Waals surface area contributed by atoms with Crippen LogP contribution in [0, 0.1) is 22.7 Å². The average molecular weight is 256 g/mol. The number of rotatable bonds is 3. The highest BCUT2D eigenvalue weighted by molar-refractivity contribution is 5.98. The molecule has 0 atom stereocenters. The highest BCUT2D eigenvalue weighted by Crippen LogP contribution is 2.45. The second kappa shape index (κ2) is 5.05. The van der Waals surface area contributed by atoms with E-state index in [0.29, 0.717) is 24.7 Å². The summed E-state index contributed by atoms with van der Waals surface area (Å²) in [6.07, 6.45) is 1.33. The summed E-state index contributed by atoms with van der Waals surface area (Å²) in [5.41, 5.74) is 1.12. The van der Waals surface area contributed by atoms with Gasteiger partial charge >= 0.3 is 0 Å². The van der Waals surface area contributed by atoms with Crippen molar-refractivity contribution in [3.05, 3.63) is 29.8 Å². The van der Waals surface area contributed by atoms with Crippen LogP contribution in [0.3, 0.4) is 0 Å². The molecule has 0 unspecified atom stereocenters. The fraction of sp³-hybridized carbons (Fsp3) is 0.500. The van der Waals surface area contributed by atoms with Gasteiger partial charge in [-0.1, -0.05) is 39.0 Å². The summed E-state index contributed by atoms with van der Waals surface area (Å²) >= 11 is 0. The molecule has 1 aliphatic rings. The van der Waals surface area contributed by atoms with E-state index in [2.05, 4.69) is 32.2 Å². The maximum Gasteiger partial charge on any atom is 0.244 e. The zero-order chi connectivity index (χ0) is 14.0. The van der Waals surface area contributed by atoms with Gasteiger partial charge in [0.1, 0.15) is 5.41 Å². The normalized spacial score (nSPS) is 25.5. The Morgan fingerprint density at radius 1 is 1.42 bits per heavy atom. The molecule has 0 radical (unpaired) electrons. The first kappa shape index (κ1) is 13.6. The molecule has 0 heterocycles. The first-order valence-electron chi connectivity index (χ1n) is 6.80. The Morgan fingerprint density at radius 2 is 2.05 bits per heavy atom. The van der Waals surface area contributed by atoms with Crippen molar-refractivity contribution >= 4 is 11.6 Å². The van der Waals surface area contributed by atoms with E-state index in [9.17, 15) is 10.1 Å². The zero-order valence-corrected chi connectivity index (χ0v) is 11.7. The standard InChI is InChI=1S/C16H20N2O/c1-11(2)13-6-4-5-7-14(13)18-15(19)16(10-17)8-12(3)9-16/h4-7,11-12H,8-9H2,1-3H3,(H,18,19). The quantitative estimate of drug-likeness (QED) is 0.896. The second-order valence-corrected chi connectivity index (χ2v) is 5.90. The third-order valence-electron chi connectivity index (χ3n) is 3.87. The van der Waals surface area contributed by atoms with Crippen molar-refractivity contribution in [1.29, 1.82) is 5.26 Å². The van der Waals surface area contributed by atoms with Gasteiger partial charge in [-0.3, -0.25) is 4.79 Å². The van der Waals surface area contributed by atoms with Gasteiger partial charge in [0.05, 0.1) is 6.07 Å². The molecule has 1 fully saturated rings. The highest BCUT2D eigenvalue weighted by atomic mass is 16.2. The van der Waals surface area contributed by atoms with Gasteiger partial charge in [0.15, 0.2) is 0 Å². The highest BCUT2D eigenvalue weighted by Gasteiger charge is 2.49. The molecule has 2 rings (SSSR count). The fourth-order valence-corrected chi connectivity index (χ4v) is 2.81. The van der Waals surface area contributed by atoms with E-state index >= 15 is 0 Å². The molecular formula is C16H20N2O.